The monoisotopic (exact) mass is 322 g/mol. The van der Waals surface area contributed by atoms with Gasteiger partial charge in [0.1, 0.15) is 6.54 Å². The van der Waals surface area contributed by atoms with Gasteiger partial charge in [0.2, 0.25) is 0 Å². The first-order valence-corrected chi connectivity index (χ1v) is 7.69. The number of hydrogen-bond acceptors (Lipinski definition) is 5. The van der Waals surface area contributed by atoms with Crippen molar-refractivity contribution < 1.29 is 19.1 Å². The Morgan fingerprint density at radius 2 is 2.05 bits per heavy atom. The molecule has 2 amide bonds. The van der Waals surface area contributed by atoms with Crippen LogP contribution in [0.15, 0.2) is 11.0 Å². The van der Waals surface area contributed by atoms with Crippen LogP contribution in [0.1, 0.15) is 23.9 Å². The Kier molecular flexibility index (Phi) is 4.75. The van der Waals surface area contributed by atoms with Crippen LogP contribution in [0, 0.1) is 13.8 Å². The number of imide groups is 1. The quantitative estimate of drug-likeness (QED) is 0.628. The number of carbonyl (C=O) groups is 3. The highest BCUT2D eigenvalue weighted by Crippen LogP contribution is 2.33. The molecule has 1 aromatic rings. The first kappa shape index (κ1) is 16.4. The lowest BCUT2D eigenvalue weighted by atomic mass is 10.2. The van der Waals surface area contributed by atoms with Crippen LogP contribution in [0.2, 0.25) is 0 Å². The van der Waals surface area contributed by atoms with Crippen molar-refractivity contribution in [3.05, 3.63) is 27.9 Å². The van der Waals surface area contributed by atoms with Gasteiger partial charge in [-0.1, -0.05) is 0 Å². The first-order chi connectivity index (χ1) is 10.4. The molecule has 1 aliphatic heterocycles. The Balaban J connectivity index is 2.29. The van der Waals surface area contributed by atoms with Crippen LogP contribution >= 0.6 is 11.8 Å². The molecule has 0 aliphatic carbocycles. The second-order valence-electron chi connectivity index (χ2n) is 4.91. The zero-order chi connectivity index (χ0) is 16.4. The number of amides is 2. The van der Waals surface area contributed by atoms with Crippen LogP contribution in [-0.2, 0) is 20.9 Å². The number of ether oxygens (including phenoxy) is 1. The number of aryl methyl sites for hydroxylation is 1. The van der Waals surface area contributed by atoms with E-state index in [-0.39, 0.29) is 6.54 Å². The van der Waals surface area contributed by atoms with Gasteiger partial charge in [0.25, 0.3) is 11.1 Å². The molecule has 0 bridgehead atoms. The van der Waals surface area contributed by atoms with Gasteiger partial charge in [-0.2, -0.15) is 0 Å². The predicted octanol–water partition coefficient (Wildman–Crippen LogP) is 2.33. The maximum atomic E-state index is 12.2. The molecule has 7 heteroatoms. The summed E-state index contributed by atoms with van der Waals surface area (Å²) in [6.45, 7) is 6.51. The molecular weight excluding hydrogens is 304 g/mol. The van der Waals surface area contributed by atoms with Gasteiger partial charge in [0.15, 0.2) is 0 Å². The fourth-order valence-corrected chi connectivity index (χ4v) is 3.26. The van der Waals surface area contributed by atoms with Crippen LogP contribution in [0.25, 0.3) is 6.08 Å². The summed E-state index contributed by atoms with van der Waals surface area (Å²) in [5, 5.41) is -0.453. The summed E-state index contributed by atoms with van der Waals surface area (Å²) < 4.78 is 6.63. The Morgan fingerprint density at radius 3 is 2.59 bits per heavy atom. The Labute approximate surface area is 133 Å². The van der Waals surface area contributed by atoms with E-state index in [1.54, 1.807) is 6.08 Å². The fourth-order valence-electron chi connectivity index (χ4n) is 2.43. The minimum absolute atomic E-state index is 0.324. The summed E-state index contributed by atoms with van der Waals surface area (Å²) in [5.41, 5.74) is 3.04. The van der Waals surface area contributed by atoms with Gasteiger partial charge in [-0.3, -0.25) is 19.3 Å². The largest absolute Gasteiger partial charge is 0.468 e. The number of nitrogens with zero attached hydrogens (tertiary/aromatic N) is 2. The third kappa shape index (κ3) is 2.94. The zero-order valence-electron chi connectivity index (χ0n) is 13.0. The van der Waals surface area contributed by atoms with E-state index in [4.69, 9.17) is 0 Å². The van der Waals surface area contributed by atoms with E-state index in [1.807, 2.05) is 26.8 Å². The summed E-state index contributed by atoms with van der Waals surface area (Å²) in [6, 6.07) is 1.98. The number of methoxy groups -OCH3 is 1. The smallest absolute Gasteiger partial charge is 0.325 e. The average Bonchev–Trinajstić information content (AvgIpc) is 2.89. The Hall–Kier alpha value is -2.02. The number of thioether (sulfide) groups is 1. The number of esters is 1. The van der Waals surface area contributed by atoms with Crippen LogP contribution in [-0.4, -0.2) is 40.2 Å². The number of hydrogen-bond donors (Lipinski definition) is 0. The maximum absolute atomic E-state index is 12.2. The van der Waals surface area contributed by atoms with Crippen LogP contribution in [0.5, 0.6) is 0 Å². The average molecular weight is 322 g/mol. The summed E-state index contributed by atoms with van der Waals surface area (Å²) >= 11 is 0.842. The van der Waals surface area contributed by atoms with Crippen molar-refractivity contribution in [2.45, 2.75) is 27.3 Å². The summed E-state index contributed by atoms with van der Waals surface area (Å²) in [6.07, 6.45) is 1.71. The van der Waals surface area contributed by atoms with Gasteiger partial charge in [-0.15, -0.1) is 0 Å². The van der Waals surface area contributed by atoms with Crippen molar-refractivity contribution >= 4 is 35.0 Å². The standard InChI is InChI=1S/C15H18N2O4S/c1-5-16-9(2)6-11(10(16)3)7-12-14(19)17(15(20)22-12)8-13(18)21-4/h6-7H,5,8H2,1-4H3/b12-7+. The summed E-state index contributed by atoms with van der Waals surface area (Å²) in [4.78, 5) is 36.6. The molecule has 22 heavy (non-hydrogen) atoms. The van der Waals surface area contributed by atoms with Gasteiger partial charge in [0, 0.05) is 17.9 Å². The molecule has 0 saturated carbocycles. The summed E-state index contributed by atoms with van der Waals surface area (Å²) in [5.74, 6) is -1.07. The van der Waals surface area contributed by atoms with Crippen molar-refractivity contribution in [1.82, 2.24) is 9.47 Å². The molecule has 1 aliphatic rings. The van der Waals surface area contributed by atoms with Crippen molar-refractivity contribution in [3.63, 3.8) is 0 Å². The normalized spacial score (nSPS) is 16.7. The highest BCUT2D eigenvalue weighted by molar-refractivity contribution is 8.18. The second kappa shape index (κ2) is 6.39. The van der Waals surface area contributed by atoms with Gasteiger partial charge < -0.3 is 9.30 Å². The molecule has 2 rings (SSSR count). The van der Waals surface area contributed by atoms with Gasteiger partial charge in [-0.25, -0.2) is 0 Å². The van der Waals surface area contributed by atoms with Crippen LogP contribution in [0.3, 0.4) is 0 Å². The first-order valence-electron chi connectivity index (χ1n) is 6.88. The second-order valence-corrected chi connectivity index (χ2v) is 5.91. The molecular formula is C15H18N2O4S. The highest BCUT2D eigenvalue weighted by Gasteiger charge is 2.36. The number of rotatable bonds is 4. The number of aromatic nitrogens is 1. The van der Waals surface area contributed by atoms with Crippen molar-refractivity contribution in [2.75, 3.05) is 13.7 Å². The molecule has 1 fully saturated rings. The fraction of sp³-hybridized carbons (Fsp3) is 0.400. The molecule has 0 unspecified atom stereocenters. The topological polar surface area (TPSA) is 68.6 Å². The van der Waals surface area contributed by atoms with E-state index in [2.05, 4.69) is 9.30 Å². The predicted molar refractivity (Wildman–Crippen MR) is 84.3 cm³/mol. The lowest BCUT2D eigenvalue weighted by Gasteiger charge is -2.09. The highest BCUT2D eigenvalue weighted by atomic mass is 32.2. The van der Waals surface area contributed by atoms with Crippen molar-refractivity contribution in [2.24, 2.45) is 0 Å². The lowest BCUT2D eigenvalue weighted by molar-refractivity contribution is -0.143. The van der Waals surface area contributed by atoms with E-state index in [9.17, 15) is 14.4 Å². The molecule has 2 heterocycles. The zero-order valence-corrected chi connectivity index (χ0v) is 13.8. The molecule has 118 valence electrons. The van der Waals surface area contributed by atoms with Gasteiger partial charge in [-0.05, 0) is 50.2 Å². The molecule has 0 atom stereocenters. The SMILES string of the molecule is CCn1c(C)cc(/C=C2/SC(=O)N(CC(=O)OC)C2=O)c1C. The van der Waals surface area contributed by atoms with Gasteiger partial charge in [0.05, 0.1) is 12.0 Å². The molecule has 0 radical (unpaired) electrons. The van der Waals surface area contributed by atoms with E-state index >= 15 is 0 Å². The summed E-state index contributed by atoms with van der Waals surface area (Å²) in [7, 11) is 1.22. The molecule has 6 nitrogen and oxygen atoms in total. The molecule has 0 spiro atoms. The van der Waals surface area contributed by atoms with Crippen molar-refractivity contribution in [1.29, 1.82) is 0 Å². The third-order valence-electron chi connectivity index (χ3n) is 3.60. The van der Waals surface area contributed by atoms with E-state index in [1.165, 1.54) is 7.11 Å². The Morgan fingerprint density at radius 1 is 1.36 bits per heavy atom. The maximum Gasteiger partial charge on any atom is 0.325 e. The van der Waals surface area contributed by atoms with E-state index in [0.717, 1.165) is 40.2 Å². The number of carbonyl (C=O) groups excluding carboxylic acids is 3. The van der Waals surface area contributed by atoms with Crippen LogP contribution in [0.4, 0.5) is 4.79 Å². The molecule has 0 aromatic carbocycles. The minimum Gasteiger partial charge on any atom is -0.468 e. The third-order valence-corrected chi connectivity index (χ3v) is 4.51. The van der Waals surface area contributed by atoms with E-state index < -0.39 is 17.1 Å². The van der Waals surface area contributed by atoms with Gasteiger partial charge >= 0.3 is 5.97 Å². The Bertz CT molecular complexity index is 675. The van der Waals surface area contributed by atoms with E-state index in [0.29, 0.717) is 4.91 Å². The molecule has 1 saturated heterocycles. The van der Waals surface area contributed by atoms with Crippen LogP contribution < -0.4 is 0 Å². The van der Waals surface area contributed by atoms with Crippen molar-refractivity contribution in [3.8, 4) is 0 Å². The lowest BCUT2D eigenvalue weighted by Crippen LogP contribution is -2.34. The molecule has 0 N–H and O–H groups in total. The molecule has 1 aromatic heterocycles. The minimum atomic E-state index is -0.618.